The Balaban J connectivity index is 2.22. The number of nitrogens with zero attached hydrogens (tertiary/aromatic N) is 1. The van der Waals surface area contributed by atoms with Gasteiger partial charge in [-0.3, -0.25) is 4.79 Å². The first-order valence-electron chi connectivity index (χ1n) is 3.99. The molecule has 1 rings (SSSR count). The second kappa shape index (κ2) is 5.24. The van der Waals surface area contributed by atoms with E-state index in [9.17, 15) is 4.79 Å². The first-order chi connectivity index (χ1) is 6.18. The average molecular weight is 216 g/mol. The molecule has 0 bridgehead atoms. The first-order valence-corrected chi connectivity index (χ1v) is 5.75. The van der Waals surface area contributed by atoms with Crippen LogP contribution in [0.1, 0.15) is 13.8 Å². The highest BCUT2D eigenvalue weighted by molar-refractivity contribution is 8.14. The Morgan fingerprint density at radius 1 is 1.85 bits per heavy atom. The molecule has 0 aromatic carbocycles. The Hall–Kier alpha value is -0.550. The van der Waals surface area contributed by atoms with Crippen molar-refractivity contribution in [2.24, 2.45) is 0 Å². The zero-order valence-electron chi connectivity index (χ0n) is 7.61. The minimum atomic E-state index is 0.161. The molecule has 13 heavy (non-hydrogen) atoms. The molecule has 0 aliphatic carbocycles. The zero-order valence-corrected chi connectivity index (χ0v) is 9.24. The normalized spacial score (nSPS) is 12.5. The molecule has 0 spiro atoms. The van der Waals surface area contributed by atoms with Crippen molar-refractivity contribution < 1.29 is 4.79 Å². The van der Waals surface area contributed by atoms with Crippen LogP contribution in [0.15, 0.2) is 11.6 Å². The third kappa shape index (κ3) is 4.28. The van der Waals surface area contributed by atoms with E-state index < -0.39 is 0 Å². The summed E-state index contributed by atoms with van der Waals surface area (Å²) in [7, 11) is 0. The molecule has 5 heteroatoms. The molecule has 0 aliphatic rings. The number of nitrogens with one attached hydrogen (secondary N) is 1. The number of hydrogen-bond acceptors (Lipinski definition) is 5. The highest BCUT2D eigenvalue weighted by atomic mass is 32.2. The van der Waals surface area contributed by atoms with Gasteiger partial charge >= 0.3 is 0 Å². The van der Waals surface area contributed by atoms with Crippen LogP contribution in [0.2, 0.25) is 0 Å². The summed E-state index contributed by atoms with van der Waals surface area (Å²) in [5, 5.41) is 6.45. The van der Waals surface area contributed by atoms with Gasteiger partial charge in [0.05, 0.1) is 0 Å². The van der Waals surface area contributed by atoms with Gasteiger partial charge in [-0.15, -0.1) is 11.3 Å². The number of carbonyl (C=O) groups is 1. The first kappa shape index (κ1) is 10.5. The average Bonchev–Trinajstić information content (AvgIpc) is 2.51. The number of thiazole rings is 1. The predicted octanol–water partition coefficient (Wildman–Crippen LogP) is 2.22. The summed E-state index contributed by atoms with van der Waals surface area (Å²) >= 11 is 2.92. The summed E-state index contributed by atoms with van der Waals surface area (Å²) in [4.78, 5) is 14.8. The van der Waals surface area contributed by atoms with Gasteiger partial charge in [0.25, 0.3) is 0 Å². The molecule has 1 atom stereocenters. The van der Waals surface area contributed by atoms with Crippen LogP contribution in [0.25, 0.3) is 0 Å². The summed E-state index contributed by atoms with van der Waals surface area (Å²) in [6.07, 6.45) is 1.76. The maximum Gasteiger partial charge on any atom is 0.186 e. The topological polar surface area (TPSA) is 42.0 Å². The van der Waals surface area contributed by atoms with E-state index in [1.165, 1.54) is 11.8 Å². The molecule has 1 unspecified atom stereocenters. The number of hydrogen-bond donors (Lipinski definition) is 1. The monoisotopic (exact) mass is 216 g/mol. The van der Waals surface area contributed by atoms with Gasteiger partial charge in [0.2, 0.25) is 0 Å². The number of thioether (sulfide) groups is 1. The van der Waals surface area contributed by atoms with Crippen molar-refractivity contribution in [3.63, 3.8) is 0 Å². The molecule has 0 saturated heterocycles. The Morgan fingerprint density at radius 3 is 3.15 bits per heavy atom. The van der Waals surface area contributed by atoms with Crippen molar-refractivity contribution in [2.75, 3.05) is 11.9 Å². The Morgan fingerprint density at radius 2 is 2.62 bits per heavy atom. The molecule has 1 aromatic heterocycles. The molecule has 0 aliphatic heterocycles. The molecule has 1 N–H and O–H groups in total. The smallest absolute Gasteiger partial charge is 0.186 e. The van der Waals surface area contributed by atoms with Crippen LogP contribution >= 0.6 is 23.1 Å². The highest BCUT2D eigenvalue weighted by Gasteiger charge is 2.05. The Labute approximate surface area is 86.0 Å². The van der Waals surface area contributed by atoms with Crippen LogP contribution in [-0.2, 0) is 4.79 Å². The summed E-state index contributed by atoms with van der Waals surface area (Å²) in [5.41, 5.74) is 0. The molecule has 0 saturated carbocycles. The molecule has 0 radical (unpaired) electrons. The molecule has 72 valence electrons. The number of anilines is 1. The van der Waals surface area contributed by atoms with Crippen LogP contribution < -0.4 is 5.32 Å². The lowest BCUT2D eigenvalue weighted by Gasteiger charge is -2.08. The largest absolute Gasteiger partial charge is 0.360 e. The van der Waals surface area contributed by atoms with Crippen LogP contribution in [0, 0.1) is 0 Å². The number of rotatable bonds is 4. The van der Waals surface area contributed by atoms with Crippen molar-refractivity contribution in [3.8, 4) is 0 Å². The molecular formula is C8H12N2OS2. The maximum absolute atomic E-state index is 10.7. The van der Waals surface area contributed by atoms with Crippen molar-refractivity contribution in [1.29, 1.82) is 0 Å². The molecule has 1 heterocycles. The second-order valence-corrected chi connectivity index (χ2v) is 5.15. The van der Waals surface area contributed by atoms with Gasteiger partial charge in [-0.1, -0.05) is 18.7 Å². The van der Waals surface area contributed by atoms with Gasteiger partial charge in [0.1, 0.15) is 0 Å². The van der Waals surface area contributed by atoms with Gasteiger partial charge in [-0.05, 0) is 0 Å². The van der Waals surface area contributed by atoms with Crippen LogP contribution in [0.3, 0.4) is 0 Å². The van der Waals surface area contributed by atoms with Gasteiger partial charge < -0.3 is 5.32 Å². The molecule has 1 aromatic rings. The Kier molecular flexibility index (Phi) is 4.24. The number of aromatic nitrogens is 1. The van der Waals surface area contributed by atoms with Crippen LogP contribution in [0.5, 0.6) is 0 Å². The summed E-state index contributed by atoms with van der Waals surface area (Å²) in [5.74, 6) is 0. The molecule has 0 amide bonds. The SMILES string of the molecule is CC(=O)SC(C)CNc1nccs1. The number of carbonyl (C=O) groups excluding carboxylic acids is 1. The van der Waals surface area contributed by atoms with Crippen molar-refractivity contribution in [2.45, 2.75) is 19.1 Å². The van der Waals surface area contributed by atoms with E-state index in [2.05, 4.69) is 10.3 Å². The third-order valence-corrected chi connectivity index (χ3v) is 2.97. The lowest BCUT2D eigenvalue weighted by atomic mass is 10.5. The van der Waals surface area contributed by atoms with E-state index in [-0.39, 0.29) is 5.12 Å². The second-order valence-electron chi connectivity index (χ2n) is 2.64. The molecule has 0 fully saturated rings. The lowest BCUT2D eigenvalue weighted by molar-refractivity contribution is -0.109. The molecular weight excluding hydrogens is 204 g/mol. The fourth-order valence-electron chi connectivity index (χ4n) is 0.867. The van der Waals surface area contributed by atoms with Gasteiger partial charge in [0.15, 0.2) is 10.2 Å². The molecule has 3 nitrogen and oxygen atoms in total. The van der Waals surface area contributed by atoms with Crippen LogP contribution in [0.4, 0.5) is 5.13 Å². The maximum atomic E-state index is 10.7. The highest BCUT2D eigenvalue weighted by Crippen LogP contribution is 2.14. The van der Waals surface area contributed by atoms with E-state index in [0.29, 0.717) is 5.25 Å². The fourth-order valence-corrected chi connectivity index (χ4v) is 2.14. The summed E-state index contributed by atoms with van der Waals surface area (Å²) < 4.78 is 0. The van der Waals surface area contributed by atoms with Gasteiger partial charge in [-0.25, -0.2) is 4.98 Å². The third-order valence-electron chi connectivity index (χ3n) is 1.34. The summed E-state index contributed by atoms with van der Waals surface area (Å²) in [6.45, 7) is 4.38. The summed E-state index contributed by atoms with van der Waals surface area (Å²) in [6, 6.07) is 0. The van der Waals surface area contributed by atoms with Crippen LogP contribution in [-0.4, -0.2) is 21.9 Å². The van der Waals surface area contributed by atoms with E-state index in [4.69, 9.17) is 0 Å². The van der Waals surface area contributed by atoms with Crippen molar-refractivity contribution in [1.82, 2.24) is 4.98 Å². The fraction of sp³-hybridized carbons (Fsp3) is 0.500. The van der Waals surface area contributed by atoms with Gasteiger partial charge in [-0.2, -0.15) is 0 Å². The minimum absolute atomic E-state index is 0.161. The minimum Gasteiger partial charge on any atom is -0.360 e. The lowest BCUT2D eigenvalue weighted by Crippen LogP contribution is -2.14. The van der Waals surface area contributed by atoms with Crippen molar-refractivity contribution >= 4 is 33.3 Å². The van der Waals surface area contributed by atoms with E-state index >= 15 is 0 Å². The Bertz CT molecular complexity index is 261. The van der Waals surface area contributed by atoms with Crippen molar-refractivity contribution in [3.05, 3.63) is 11.6 Å². The quantitative estimate of drug-likeness (QED) is 0.838. The standard InChI is InChI=1S/C8H12N2OS2/c1-6(13-7(2)11)5-10-8-9-3-4-12-8/h3-4,6H,5H2,1-2H3,(H,9,10). The van der Waals surface area contributed by atoms with Gasteiger partial charge in [0, 0.05) is 30.3 Å². The zero-order chi connectivity index (χ0) is 9.68. The van der Waals surface area contributed by atoms with E-state index in [1.54, 1.807) is 24.5 Å². The van der Waals surface area contributed by atoms with E-state index in [1.807, 2.05) is 12.3 Å². The predicted molar refractivity (Wildman–Crippen MR) is 58.3 cm³/mol. The van der Waals surface area contributed by atoms with E-state index in [0.717, 1.165) is 11.7 Å².